The van der Waals surface area contributed by atoms with Gasteiger partial charge in [-0.3, -0.25) is 14.3 Å². The van der Waals surface area contributed by atoms with Gasteiger partial charge in [-0.25, -0.2) is 14.4 Å². The molecular formula is C24H22N2O6. The Hall–Kier alpha value is -3.94. The lowest BCUT2D eigenvalue weighted by molar-refractivity contribution is 0.0194. The van der Waals surface area contributed by atoms with Crippen molar-refractivity contribution in [2.45, 2.75) is 25.0 Å². The predicted molar refractivity (Wildman–Crippen MR) is 115 cm³/mol. The number of H-pyrrole nitrogens is 1. The number of rotatable bonds is 6. The van der Waals surface area contributed by atoms with Crippen LogP contribution in [0.2, 0.25) is 0 Å². The number of ether oxygens (including phenoxy) is 2. The van der Waals surface area contributed by atoms with Crippen molar-refractivity contribution in [2.24, 2.45) is 5.92 Å². The molecule has 3 atom stereocenters. The van der Waals surface area contributed by atoms with Crippen molar-refractivity contribution in [3.63, 3.8) is 0 Å². The van der Waals surface area contributed by atoms with E-state index in [1.807, 2.05) is 6.07 Å². The maximum absolute atomic E-state index is 12.6. The Bertz CT molecular complexity index is 1200. The van der Waals surface area contributed by atoms with Crippen LogP contribution in [0.25, 0.3) is 0 Å². The average molecular weight is 434 g/mol. The van der Waals surface area contributed by atoms with Crippen LogP contribution >= 0.6 is 0 Å². The van der Waals surface area contributed by atoms with E-state index in [0.717, 1.165) is 0 Å². The number of nitrogens with zero attached hydrogens (tertiary/aromatic N) is 1. The Morgan fingerprint density at radius 2 is 1.50 bits per heavy atom. The van der Waals surface area contributed by atoms with E-state index in [0.29, 0.717) is 24.0 Å². The number of hydrogen-bond donors (Lipinski definition) is 1. The molecule has 4 rings (SSSR count). The molecule has 0 saturated heterocycles. The lowest BCUT2D eigenvalue weighted by Gasteiger charge is -2.21. The number of aromatic nitrogens is 2. The molecule has 0 unspecified atom stereocenters. The molecule has 1 aliphatic rings. The Morgan fingerprint density at radius 1 is 0.875 bits per heavy atom. The molecule has 0 amide bonds. The van der Waals surface area contributed by atoms with Gasteiger partial charge >= 0.3 is 17.6 Å². The highest BCUT2D eigenvalue weighted by Crippen LogP contribution is 2.37. The number of carbonyl (C=O) groups is 2. The van der Waals surface area contributed by atoms with Crippen LogP contribution in [0, 0.1) is 5.92 Å². The van der Waals surface area contributed by atoms with Gasteiger partial charge in [0.25, 0.3) is 5.56 Å². The monoisotopic (exact) mass is 434 g/mol. The molecular weight excluding hydrogens is 412 g/mol. The molecule has 0 radical (unpaired) electrons. The number of hydrogen-bond acceptors (Lipinski definition) is 6. The summed E-state index contributed by atoms with van der Waals surface area (Å²) < 4.78 is 12.6. The normalized spacial score (nSPS) is 19.9. The van der Waals surface area contributed by atoms with E-state index in [2.05, 4.69) is 4.98 Å². The fraction of sp³-hybridized carbons (Fsp3) is 0.250. The molecule has 1 fully saturated rings. The Morgan fingerprint density at radius 3 is 2.12 bits per heavy atom. The van der Waals surface area contributed by atoms with Gasteiger partial charge in [0.1, 0.15) is 6.10 Å². The molecule has 0 aliphatic heterocycles. The summed E-state index contributed by atoms with van der Waals surface area (Å²) in [6.45, 7) is 0.127. The summed E-state index contributed by atoms with van der Waals surface area (Å²) in [5, 5.41) is 0. The summed E-state index contributed by atoms with van der Waals surface area (Å²) in [6, 6.07) is 18.0. The van der Waals surface area contributed by atoms with Gasteiger partial charge in [-0.15, -0.1) is 0 Å². The first-order valence-electron chi connectivity index (χ1n) is 10.3. The van der Waals surface area contributed by atoms with Gasteiger partial charge in [0.2, 0.25) is 0 Å². The van der Waals surface area contributed by atoms with Crippen LogP contribution in [0.4, 0.5) is 0 Å². The Balaban J connectivity index is 1.50. The predicted octanol–water partition coefficient (Wildman–Crippen LogP) is 2.57. The van der Waals surface area contributed by atoms with E-state index in [-0.39, 0.29) is 12.5 Å². The topological polar surface area (TPSA) is 107 Å². The molecule has 1 saturated carbocycles. The van der Waals surface area contributed by atoms with Crippen LogP contribution in [0.5, 0.6) is 0 Å². The summed E-state index contributed by atoms with van der Waals surface area (Å²) in [6.07, 6.45) is 1.64. The minimum Gasteiger partial charge on any atom is -0.462 e. The van der Waals surface area contributed by atoms with Crippen molar-refractivity contribution < 1.29 is 19.1 Å². The van der Waals surface area contributed by atoms with Gasteiger partial charge in [0, 0.05) is 12.3 Å². The quantitative estimate of drug-likeness (QED) is 0.598. The first-order valence-corrected chi connectivity index (χ1v) is 10.3. The summed E-state index contributed by atoms with van der Waals surface area (Å²) in [5.74, 6) is -1.06. The number of benzene rings is 2. The summed E-state index contributed by atoms with van der Waals surface area (Å²) in [7, 11) is 0. The zero-order chi connectivity index (χ0) is 22.5. The summed E-state index contributed by atoms with van der Waals surface area (Å²) in [5.41, 5.74) is -0.231. The van der Waals surface area contributed by atoms with E-state index in [1.54, 1.807) is 54.6 Å². The molecule has 1 aromatic heterocycles. The summed E-state index contributed by atoms with van der Waals surface area (Å²) >= 11 is 0. The maximum Gasteiger partial charge on any atom is 0.338 e. The third-order valence-corrected chi connectivity index (χ3v) is 5.51. The molecule has 164 valence electrons. The second-order valence-corrected chi connectivity index (χ2v) is 7.70. The molecule has 8 nitrogen and oxygen atoms in total. The number of esters is 2. The second kappa shape index (κ2) is 9.47. The molecule has 1 heterocycles. The molecule has 8 heteroatoms. The number of aromatic amines is 1. The van der Waals surface area contributed by atoms with Gasteiger partial charge in [-0.1, -0.05) is 36.4 Å². The smallest absolute Gasteiger partial charge is 0.338 e. The van der Waals surface area contributed by atoms with Crippen molar-refractivity contribution in [1.29, 1.82) is 0 Å². The highest BCUT2D eigenvalue weighted by atomic mass is 16.5. The number of nitrogens with one attached hydrogen (secondary N) is 1. The van der Waals surface area contributed by atoms with Crippen LogP contribution in [-0.4, -0.2) is 34.2 Å². The van der Waals surface area contributed by atoms with E-state index < -0.39 is 35.3 Å². The molecule has 1 N–H and O–H groups in total. The van der Waals surface area contributed by atoms with Crippen molar-refractivity contribution >= 4 is 11.9 Å². The average Bonchev–Trinajstić information content (AvgIpc) is 3.20. The van der Waals surface area contributed by atoms with Gasteiger partial charge in [-0.2, -0.15) is 0 Å². The largest absolute Gasteiger partial charge is 0.462 e. The van der Waals surface area contributed by atoms with Crippen LogP contribution in [0.15, 0.2) is 82.5 Å². The minimum absolute atomic E-state index is 0.125. The minimum atomic E-state index is -0.619. The first-order chi connectivity index (χ1) is 15.5. The van der Waals surface area contributed by atoms with Gasteiger partial charge in [0.15, 0.2) is 0 Å². The van der Waals surface area contributed by atoms with E-state index in [4.69, 9.17) is 9.47 Å². The fourth-order valence-corrected chi connectivity index (χ4v) is 3.95. The van der Waals surface area contributed by atoms with Crippen molar-refractivity contribution in [2.75, 3.05) is 6.61 Å². The van der Waals surface area contributed by atoms with Crippen LogP contribution in [-0.2, 0) is 9.47 Å². The third kappa shape index (κ3) is 4.85. The Labute approximate surface area is 183 Å². The highest BCUT2D eigenvalue weighted by molar-refractivity contribution is 5.89. The first kappa shape index (κ1) is 21.3. The Kier molecular flexibility index (Phi) is 6.30. The lowest BCUT2D eigenvalue weighted by atomic mass is 10.1. The molecule has 3 aromatic rings. The zero-order valence-electron chi connectivity index (χ0n) is 17.2. The molecule has 1 aliphatic carbocycles. The molecule has 0 bridgehead atoms. The van der Waals surface area contributed by atoms with Gasteiger partial charge in [0.05, 0.1) is 23.8 Å². The molecule has 0 spiro atoms. The van der Waals surface area contributed by atoms with Gasteiger partial charge in [-0.05, 0) is 43.0 Å². The number of carbonyl (C=O) groups excluding carboxylic acids is 2. The molecule has 32 heavy (non-hydrogen) atoms. The maximum atomic E-state index is 12.6. The van der Waals surface area contributed by atoms with Crippen molar-refractivity contribution in [3.05, 3.63) is 105 Å². The zero-order valence-corrected chi connectivity index (χ0v) is 17.2. The standard InChI is InChI=1S/C24H22N2O6/c27-21-11-12-26(24(30)25-21)19-13-16(15-31-22(28)17-7-3-1-4-8-17)14-20(19)32-23(29)18-9-5-2-6-10-18/h1-12,16,19-20H,13-15H2,(H,25,27,30)/t16-,19+,20+/m0/s1. The van der Waals surface area contributed by atoms with E-state index in [9.17, 15) is 19.2 Å². The van der Waals surface area contributed by atoms with E-state index >= 15 is 0 Å². The van der Waals surface area contributed by atoms with Gasteiger partial charge < -0.3 is 9.47 Å². The fourth-order valence-electron chi connectivity index (χ4n) is 3.95. The third-order valence-electron chi connectivity index (χ3n) is 5.51. The van der Waals surface area contributed by atoms with Crippen molar-refractivity contribution in [1.82, 2.24) is 9.55 Å². The van der Waals surface area contributed by atoms with Crippen LogP contribution in [0.3, 0.4) is 0 Å². The second-order valence-electron chi connectivity index (χ2n) is 7.70. The lowest BCUT2D eigenvalue weighted by Crippen LogP contribution is -2.35. The van der Waals surface area contributed by atoms with Crippen LogP contribution < -0.4 is 11.2 Å². The van der Waals surface area contributed by atoms with Crippen molar-refractivity contribution in [3.8, 4) is 0 Å². The SMILES string of the molecule is O=C(OC[C@H]1C[C@@H](n2ccc(=O)[nH]c2=O)[C@H](OC(=O)c2ccccc2)C1)c1ccccc1. The highest BCUT2D eigenvalue weighted by Gasteiger charge is 2.39. The summed E-state index contributed by atoms with van der Waals surface area (Å²) in [4.78, 5) is 51.0. The molecule has 2 aromatic carbocycles. The van der Waals surface area contributed by atoms with E-state index in [1.165, 1.54) is 16.8 Å². The van der Waals surface area contributed by atoms with Crippen LogP contribution in [0.1, 0.15) is 39.6 Å².